The molecule has 0 bridgehead atoms. The zero-order valence-corrected chi connectivity index (χ0v) is 14.9. The van der Waals surface area contributed by atoms with Crippen molar-refractivity contribution < 1.29 is 4.79 Å². The molecule has 1 atom stereocenters. The Bertz CT molecular complexity index is 861. The largest absolute Gasteiger partial charge is 0.349 e. The number of hydrogen-bond acceptors (Lipinski definition) is 3. The minimum atomic E-state index is -0.325. The number of amides is 1. The molecule has 4 N–H and O–H groups in total. The molecule has 0 saturated carbocycles. The minimum Gasteiger partial charge on any atom is -0.349 e. The van der Waals surface area contributed by atoms with E-state index >= 15 is 0 Å². The van der Waals surface area contributed by atoms with E-state index in [1.165, 1.54) is 0 Å². The summed E-state index contributed by atoms with van der Waals surface area (Å²) < 4.78 is 0. The molecule has 0 aliphatic rings. The van der Waals surface area contributed by atoms with Crippen molar-refractivity contribution in [1.29, 1.82) is 0 Å². The van der Waals surface area contributed by atoms with Crippen LogP contribution in [0.1, 0.15) is 17.8 Å². The Morgan fingerprint density at radius 3 is 2.80 bits per heavy atom. The molecule has 1 aromatic heterocycles. The molecule has 0 unspecified atom stereocenters. The number of H-pyrrole nitrogens is 1. The summed E-state index contributed by atoms with van der Waals surface area (Å²) in [5.74, 6) is 0.585. The summed E-state index contributed by atoms with van der Waals surface area (Å²) in [5.41, 5.74) is 8.77. The maximum absolute atomic E-state index is 12.1. The number of aromatic nitrogens is 2. The Kier molecular flexibility index (Phi) is 5.58. The Labute approximate surface area is 155 Å². The van der Waals surface area contributed by atoms with Crippen LogP contribution in [0.15, 0.2) is 42.5 Å². The molecule has 1 amide bonds. The number of hydrogen-bond donors (Lipinski definition) is 3. The summed E-state index contributed by atoms with van der Waals surface area (Å²) in [6, 6.07) is 12.7. The molecule has 0 fully saturated rings. The van der Waals surface area contributed by atoms with Crippen LogP contribution in [0.5, 0.6) is 0 Å². The van der Waals surface area contributed by atoms with Crippen molar-refractivity contribution in [2.75, 3.05) is 0 Å². The standard InChI is InChI=1S/C18H18Cl2N4O/c19-12-6-5-11(14(20)8-12)7-13(21)9-18(25)22-10-17-23-15-3-1-2-4-16(15)24-17/h1-6,8,13H,7,9-10,21H2,(H,22,25)(H,23,24)/t13-/m1/s1. The lowest BCUT2D eigenvalue weighted by molar-refractivity contribution is -0.121. The molecule has 0 aliphatic heterocycles. The lowest BCUT2D eigenvalue weighted by Crippen LogP contribution is -2.33. The molecule has 5 nitrogen and oxygen atoms in total. The molecule has 25 heavy (non-hydrogen) atoms. The number of rotatable bonds is 6. The Hall–Kier alpha value is -2.08. The smallest absolute Gasteiger partial charge is 0.221 e. The van der Waals surface area contributed by atoms with Crippen LogP contribution in [-0.4, -0.2) is 21.9 Å². The van der Waals surface area contributed by atoms with Gasteiger partial charge >= 0.3 is 0 Å². The highest BCUT2D eigenvalue weighted by atomic mass is 35.5. The SMILES string of the molecule is N[C@@H](CC(=O)NCc1nc2ccccc2[nH]1)Cc1ccc(Cl)cc1Cl. The maximum atomic E-state index is 12.1. The zero-order valence-electron chi connectivity index (χ0n) is 13.4. The third kappa shape index (κ3) is 4.72. The average molecular weight is 377 g/mol. The molecule has 0 aliphatic carbocycles. The van der Waals surface area contributed by atoms with E-state index in [9.17, 15) is 4.79 Å². The van der Waals surface area contributed by atoms with Crippen molar-refractivity contribution >= 4 is 40.1 Å². The van der Waals surface area contributed by atoms with E-state index in [1.54, 1.807) is 12.1 Å². The first-order chi connectivity index (χ1) is 12.0. The highest BCUT2D eigenvalue weighted by Gasteiger charge is 2.13. The fourth-order valence-electron chi connectivity index (χ4n) is 2.62. The van der Waals surface area contributed by atoms with Gasteiger partial charge in [-0.25, -0.2) is 4.98 Å². The van der Waals surface area contributed by atoms with Crippen LogP contribution in [0, 0.1) is 0 Å². The first-order valence-electron chi connectivity index (χ1n) is 7.91. The molecular weight excluding hydrogens is 359 g/mol. The molecule has 3 rings (SSSR count). The maximum Gasteiger partial charge on any atom is 0.221 e. The molecule has 0 saturated heterocycles. The summed E-state index contributed by atoms with van der Waals surface area (Å²) in [5, 5.41) is 3.97. The fraction of sp³-hybridized carbons (Fsp3) is 0.222. The van der Waals surface area contributed by atoms with Gasteiger partial charge in [-0.3, -0.25) is 4.79 Å². The summed E-state index contributed by atoms with van der Waals surface area (Å²) >= 11 is 12.0. The molecule has 130 valence electrons. The minimum absolute atomic E-state index is 0.127. The molecular formula is C18H18Cl2N4O. The number of carbonyl (C=O) groups is 1. The fourth-order valence-corrected chi connectivity index (χ4v) is 3.11. The van der Waals surface area contributed by atoms with Crippen molar-refractivity contribution in [2.24, 2.45) is 5.73 Å². The van der Waals surface area contributed by atoms with E-state index in [2.05, 4.69) is 15.3 Å². The molecule has 3 aromatic rings. The van der Waals surface area contributed by atoms with Gasteiger partial charge in [-0.1, -0.05) is 41.4 Å². The van der Waals surface area contributed by atoms with Crippen LogP contribution in [-0.2, 0) is 17.8 Å². The van der Waals surface area contributed by atoms with E-state index in [1.807, 2.05) is 30.3 Å². The van der Waals surface area contributed by atoms with E-state index in [0.717, 1.165) is 16.6 Å². The molecule has 1 heterocycles. The van der Waals surface area contributed by atoms with Crippen molar-refractivity contribution in [2.45, 2.75) is 25.4 Å². The van der Waals surface area contributed by atoms with Crippen molar-refractivity contribution in [3.8, 4) is 0 Å². The van der Waals surface area contributed by atoms with Gasteiger partial charge in [0.15, 0.2) is 0 Å². The number of carbonyl (C=O) groups excluding carboxylic acids is 1. The number of halogens is 2. The van der Waals surface area contributed by atoms with Crippen LogP contribution in [0.4, 0.5) is 0 Å². The normalized spacial score (nSPS) is 12.3. The molecule has 2 aromatic carbocycles. The van der Waals surface area contributed by atoms with Gasteiger partial charge in [0.05, 0.1) is 17.6 Å². The van der Waals surface area contributed by atoms with E-state index in [0.29, 0.717) is 28.8 Å². The second-order valence-electron chi connectivity index (χ2n) is 5.88. The van der Waals surface area contributed by atoms with E-state index in [4.69, 9.17) is 28.9 Å². The van der Waals surface area contributed by atoms with E-state index in [-0.39, 0.29) is 18.4 Å². The Balaban J connectivity index is 1.51. The van der Waals surface area contributed by atoms with Crippen LogP contribution in [0.25, 0.3) is 11.0 Å². The van der Waals surface area contributed by atoms with Crippen LogP contribution in [0.2, 0.25) is 10.0 Å². The van der Waals surface area contributed by atoms with Crippen molar-refractivity contribution in [1.82, 2.24) is 15.3 Å². The number of aromatic amines is 1. The lowest BCUT2D eigenvalue weighted by atomic mass is 10.0. The number of nitrogens with one attached hydrogen (secondary N) is 2. The third-order valence-corrected chi connectivity index (χ3v) is 4.42. The predicted octanol–water partition coefficient (Wildman–Crippen LogP) is 3.45. The summed E-state index contributed by atoms with van der Waals surface area (Å²) in [4.78, 5) is 19.7. The number of imidazole rings is 1. The van der Waals surface area contributed by atoms with Gasteiger partial charge in [0.25, 0.3) is 0 Å². The van der Waals surface area contributed by atoms with Gasteiger partial charge in [0.1, 0.15) is 5.82 Å². The highest BCUT2D eigenvalue weighted by molar-refractivity contribution is 6.35. The van der Waals surface area contributed by atoms with Gasteiger partial charge in [0.2, 0.25) is 5.91 Å². The predicted molar refractivity (Wildman–Crippen MR) is 101 cm³/mol. The average Bonchev–Trinajstić information content (AvgIpc) is 2.98. The van der Waals surface area contributed by atoms with Crippen LogP contribution < -0.4 is 11.1 Å². The van der Waals surface area contributed by atoms with Crippen molar-refractivity contribution in [3.63, 3.8) is 0 Å². The molecule has 7 heteroatoms. The van der Waals surface area contributed by atoms with Gasteiger partial charge in [-0.15, -0.1) is 0 Å². The lowest BCUT2D eigenvalue weighted by Gasteiger charge is -2.12. The third-order valence-electron chi connectivity index (χ3n) is 3.84. The summed E-state index contributed by atoms with van der Waals surface area (Å²) in [7, 11) is 0. The summed E-state index contributed by atoms with van der Waals surface area (Å²) in [6.07, 6.45) is 0.716. The summed E-state index contributed by atoms with van der Waals surface area (Å²) in [6.45, 7) is 0.335. The number of nitrogens with zero attached hydrogens (tertiary/aromatic N) is 1. The first-order valence-corrected chi connectivity index (χ1v) is 8.66. The van der Waals surface area contributed by atoms with E-state index < -0.39 is 0 Å². The number of fused-ring (bicyclic) bond motifs is 1. The first kappa shape index (κ1) is 17.7. The number of benzene rings is 2. The zero-order chi connectivity index (χ0) is 17.8. The number of nitrogens with two attached hydrogens (primary N) is 1. The van der Waals surface area contributed by atoms with Gasteiger partial charge < -0.3 is 16.0 Å². The highest BCUT2D eigenvalue weighted by Crippen LogP contribution is 2.22. The van der Waals surface area contributed by atoms with Crippen LogP contribution >= 0.6 is 23.2 Å². The Morgan fingerprint density at radius 2 is 2.04 bits per heavy atom. The van der Waals surface area contributed by atoms with Crippen molar-refractivity contribution in [3.05, 3.63) is 63.9 Å². The topological polar surface area (TPSA) is 83.8 Å². The monoisotopic (exact) mass is 376 g/mol. The molecule has 0 spiro atoms. The second-order valence-corrected chi connectivity index (χ2v) is 6.73. The number of para-hydroxylation sites is 2. The Morgan fingerprint density at radius 1 is 1.24 bits per heavy atom. The van der Waals surface area contributed by atoms with Crippen LogP contribution in [0.3, 0.4) is 0 Å². The quantitative estimate of drug-likeness (QED) is 0.615. The second kappa shape index (κ2) is 7.87. The van der Waals surface area contributed by atoms with Gasteiger partial charge in [-0.2, -0.15) is 0 Å². The van der Waals surface area contributed by atoms with Gasteiger partial charge in [-0.05, 0) is 36.2 Å². The van der Waals surface area contributed by atoms with Gasteiger partial charge in [0, 0.05) is 22.5 Å². The molecule has 0 radical (unpaired) electrons.